The van der Waals surface area contributed by atoms with E-state index in [9.17, 15) is 4.39 Å². The molecule has 1 heterocycles. The molecule has 2 N–H and O–H groups in total. The van der Waals surface area contributed by atoms with Gasteiger partial charge >= 0.3 is 0 Å². The van der Waals surface area contributed by atoms with Crippen LogP contribution in [0.25, 0.3) is 0 Å². The third kappa shape index (κ3) is 1.30. The second-order valence-electron chi connectivity index (χ2n) is 2.16. The van der Waals surface area contributed by atoms with E-state index >= 15 is 0 Å². The molecule has 0 fully saturated rings. The second-order valence-corrected chi connectivity index (χ2v) is 2.16. The zero-order valence-corrected chi connectivity index (χ0v) is 5.71. The fourth-order valence-corrected chi connectivity index (χ4v) is 0.733. The third-order valence-corrected chi connectivity index (χ3v) is 1.22. The summed E-state index contributed by atoms with van der Waals surface area (Å²) in [6, 6.07) is 2.56. The third-order valence-electron chi connectivity index (χ3n) is 1.22. The summed E-state index contributed by atoms with van der Waals surface area (Å²) in [5.41, 5.74) is 5.73. The first kappa shape index (κ1) is 7.15. The molecule has 0 saturated heterocycles. The van der Waals surface area contributed by atoms with Gasteiger partial charge in [-0.2, -0.15) is 0 Å². The lowest BCUT2D eigenvalue weighted by molar-refractivity contribution is 0.579. The van der Waals surface area contributed by atoms with Crippen molar-refractivity contribution in [1.82, 2.24) is 4.98 Å². The van der Waals surface area contributed by atoms with Crippen LogP contribution in [0.1, 0.15) is 18.7 Å². The molecule has 0 radical (unpaired) electrons. The zero-order valence-electron chi connectivity index (χ0n) is 5.71. The summed E-state index contributed by atoms with van der Waals surface area (Å²) in [7, 11) is 0. The molecule has 0 aromatic carbocycles. The summed E-state index contributed by atoms with van der Waals surface area (Å²) in [6.07, 6.45) is 1.53. The normalized spacial score (nSPS) is 13.1. The van der Waals surface area contributed by atoms with E-state index in [1.165, 1.54) is 12.3 Å². The van der Waals surface area contributed by atoms with Crippen molar-refractivity contribution in [2.24, 2.45) is 5.73 Å². The van der Waals surface area contributed by atoms with Gasteiger partial charge in [-0.15, -0.1) is 0 Å². The average Bonchev–Trinajstić information content (AvgIpc) is 1.88. The maximum atomic E-state index is 12.7. The number of nitrogens with zero attached hydrogens (tertiary/aromatic N) is 1. The molecule has 0 spiro atoms. The molecule has 0 unspecified atom stereocenters. The van der Waals surface area contributed by atoms with E-state index in [-0.39, 0.29) is 11.9 Å². The predicted octanol–water partition coefficient (Wildman–Crippen LogP) is 1.24. The largest absolute Gasteiger partial charge is 0.323 e. The maximum absolute atomic E-state index is 12.7. The van der Waals surface area contributed by atoms with Gasteiger partial charge in [-0.05, 0) is 19.1 Å². The summed E-state index contributed by atoms with van der Waals surface area (Å²) in [5, 5.41) is 0. The monoisotopic (exact) mass is 140 g/mol. The van der Waals surface area contributed by atoms with Gasteiger partial charge in [-0.3, -0.25) is 4.98 Å². The molecule has 10 heavy (non-hydrogen) atoms. The van der Waals surface area contributed by atoms with Crippen LogP contribution in [0.3, 0.4) is 0 Å². The molecule has 1 rings (SSSR count). The number of hydrogen-bond donors (Lipinski definition) is 1. The summed E-state index contributed by atoms with van der Waals surface area (Å²) in [6.45, 7) is 1.70. The minimum absolute atomic E-state index is 0.322. The zero-order chi connectivity index (χ0) is 7.56. The van der Waals surface area contributed by atoms with E-state index in [0.717, 1.165) is 0 Å². The van der Waals surface area contributed by atoms with Crippen LogP contribution in [-0.2, 0) is 0 Å². The van der Waals surface area contributed by atoms with Gasteiger partial charge in [0.15, 0.2) is 0 Å². The quantitative estimate of drug-likeness (QED) is 0.637. The van der Waals surface area contributed by atoms with Crippen LogP contribution < -0.4 is 5.73 Å². The van der Waals surface area contributed by atoms with Crippen molar-refractivity contribution in [3.8, 4) is 0 Å². The predicted molar refractivity (Wildman–Crippen MR) is 36.8 cm³/mol. The highest BCUT2D eigenvalue weighted by atomic mass is 19.1. The molecule has 1 aromatic heterocycles. The fraction of sp³-hybridized carbons (Fsp3) is 0.286. The Morgan fingerprint density at radius 2 is 2.40 bits per heavy atom. The lowest BCUT2D eigenvalue weighted by atomic mass is 10.2. The summed E-state index contributed by atoms with van der Waals surface area (Å²) in [4.78, 5) is 3.78. The van der Waals surface area contributed by atoms with Crippen LogP contribution in [0.15, 0.2) is 18.3 Å². The van der Waals surface area contributed by atoms with Gasteiger partial charge in [0, 0.05) is 12.2 Å². The molecule has 0 saturated carbocycles. The second kappa shape index (κ2) is 2.75. The molecule has 0 aliphatic carbocycles. The molecule has 0 aliphatic heterocycles. The maximum Gasteiger partial charge on any atom is 0.146 e. The van der Waals surface area contributed by atoms with Gasteiger partial charge in [0.05, 0.1) is 5.69 Å². The van der Waals surface area contributed by atoms with Gasteiger partial charge in [0.2, 0.25) is 0 Å². The lowest BCUT2D eigenvalue weighted by Crippen LogP contribution is -2.09. The first-order valence-corrected chi connectivity index (χ1v) is 3.08. The summed E-state index contributed by atoms with van der Waals surface area (Å²) in [5.74, 6) is -0.336. The molecule has 54 valence electrons. The van der Waals surface area contributed by atoms with Gasteiger partial charge in [-0.25, -0.2) is 4.39 Å². The smallest absolute Gasteiger partial charge is 0.146 e. The highest BCUT2D eigenvalue weighted by Crippen LogP contribution is 2.09. The van der Waals surface area contributed by atoms with Crippen molar-refractivity contribution < 1.29 is 4.39 Å². The Bertz CT molecular complexity index is 223. The minimum Gasteiger partial charge on any atom is -0.323 e. The molecule has 2 nitrogen and oxygen atoms in total. The van der Waals surface area contributed by atoms with Crippen LogP contribution >= 0.6 is 0 Å². The minimum atomic E-state index is -0.336. The Balaban J connectivity index is 3.03. The average molecular weight is 140 g/mol. The first-order chi connectivity index (χ1) is 4.72. The molecule has 1 atom stereocenters. The van der Waals surface area contributed by atoms with Crippen molar-refractivity contribution >= 4 is 0 Å². The summed E-state index contributed by atoms with van der Waals surface area (Å²) >= 11 is 0. The van der Waals surface area contributed by atoms with Gasteiger partial charge < -0.3 is 5.73 Å². The van der Waals surface area contributed by atoms with Crippen LogP contribution in [0, 0.1) is 5.82 Å². The van der Waals surface area contributed by atoms with E-state index in [1.54, 1.807) is 13.0 Å². The van der Waals surface area contributed by atoms with Crippen LogP contribution in [0.2, 0.25) is 0 Å². The number of aromatic nitrogens is 1. The van der Waals surface area contributed by atoms with Crippen molar-refractivity contribution in [3.05, 3.63) is 29.8 Å². The van der Waals surface area contributed by atoms with Crippen molar-refractivity contribution in [2.75, 3.05) is 0 Å². The van der Waals surface area contributed by atoms with E-state index in [0.29, 0.717) is 5.69 Å². The van der Waals surface area contributed by atoms with E-state index in [4.69, 9.17) is 5.73 Å². The fourth-order valence-electron chi connectivity index (χ4n) is 0.733. The number of rotatable bonds is 1. The topological polar surface area (TPSA) is 38.9 Å². The Hall–Kier alpha value is -0.960. The van der Waals surface area contributed by atoms with E-state index < -0.39 is 0 Å². The Morgan fingerprint density at radius 3 is 2.80 bits per heavy atom. The highest BCUT2D eigenvalue weighted by molar-refractivity contribution is 5.09. The number of pyridine rings is 1. The molecular weight excluding hydrogens is 131 g/mol. The molecule has 1 aromatic rings. The van der Waals surface area contributed by atoms with Crippen molar-refractivity contribution in [3.63, 3.8) is 0 Å². The number of nitrogens with two attached hydrogens (primary N) is 1. The van der Waals surface area contributed by atoms with E-state index in [1.807, 2.05) is 0 Å². The molecular formula is C7H9FN2. The van der Waals surface area contributed by atoms with Crippen molar-refractivity contribution in [2.45, 2.75) is 13.0 Å². The Labute approximate surface area is 58.9 Å². The SMILES string of the molecule is C[C@@H](N)c1ncccc1F. The highest BCUT2D eigenvalue weighted by Gasteiger charge is 2.05. The molecule has 0 amide bonds. The van der Waals surface area contributed by atoms with Gasteiger partial charge in [0.25, 0.3) is 0 Å². The van der Waals surface area contributed by atoms with Gasteiger partial charge in [-0.1, -0.05) is 0 Å². The van der Waals surface area contributed by atoms with E-state index in [2.05, 4.69) is 4.98 Å². The van der Waals surface area contributed by atoms with Gasteiger partial charge in [0.1, 0.15) is 5.82 Å². The molecule has 3 heteroatoms. The van der Waals surface area contributed by atoms with Crippen LogP contribution in [0.5, 0.6) is 0 Å². The first-order valence-electron chi connectivity index (χ1n) is 3.08. The lowest BCUT2D eigenvalue weighted by Gasteiger charge is -2.03. The Kier molecular flexibility index (Phi) is 1.97. The standard InChI is InChI=1S/C7H9FN2/c1-5(9)7-6(8)3-2-4-10-7/h2-5H,9H2,1H3/t5-/m1/s1. The van der Waals surface area contributed by atoms with Crippen molar-refractivity contribution in [1.29, 1.82) is 0 Å². The molecule has 0 aliphatic rings. The number of hydrogen-bond acceptors (Lipinski definition) is 2. The summed E-state index contributed by atoms with van der Waals surface area (Å²) < 4.78 is 12.7. The van der Waals surface area contributed by atoms with Crippen LogP contribution in [0.4, 0.5) is 4.39 Å². The molecule has 0 bridgehead atoms. The van der Waals surface area contributed by atoms with Crippen LogP contribution in [-0.4, -0.2) is 4.98 Å². The number of halogens is 1. The Morgan fingerprint density at radius 1 is 1.70 bits per heavy atom.